The van der Waals surface area contributed by atoms with Gasteiger partial charge in [0, 0.05) is 24.1 Å². The van der Waals surface area contributed by atoms with Crippen LogP contribution in [0.3, 0.4) is 0 Å². The number of benzene rings is 1. The number of carbonyl (C=O) groups excluding carboxylic acids is 3. The second-order valence-corrected chi connectivity index (χ2v) is 7.00. The third-order valence-corrected chi connectivity index (χ3v) is 5.49. The van der Waals surface area contributed by atoms with E-state index in [1.165, 1.54) is 4.90 Å². The van der Waals surface area contributed by atoms with Crippen LogP contribution in [0.15, 0.2) is 47.1 Å². The van der Waals surface area contributed by atoms with Crippen molar-refractivity contribution >= 4 is 23.3 Å². The minimum atomic E-state index is -1.71. The number of amides is 1. The number of ketones is 1. The Morgan fingerprint density at radius 3 is 2.83 bits per heavy atom. The van der Waals surface area contributed by atoms with E-state index in [-0.39, 0.29) is 42.4 Å². The lowest BCUT2D eigenvalue weighted by atomic mass is 9.64. The van der Waals surface area contributed by atoms with Gasteiger partial charge in [0.15, 0.2) is 5.78 Å². The Morgan fingerprint density at radius 1 is 1.34 bits per heavy atom. The molecule has 0 unspecified atom stereocenters. The monoisotopic (exact) mass is 392 g/mol. The molecule has 0 aromatic heterocycles. The van der Waals surface area contributed by atoms with E-state index in [1.807, 2.05) is 0 Å². The molecule has 0 radical (unpaired) electrons. The fraction of sp³-hybridized carbons (Fsp3) is 0.318. The maximum absolute atomic E-state index is 13.9. The second-order valence-electron chi connectivity index (χ2n) is 7.00. The van der Waals surface area contributed by atoms with Gasteiger partial charge in [0.2, 0.25) is 11.8 Å². The van der Waals surface area contributed by atoms with Gasteiger partial charge in [-0.2, -0.15) is 0 Å². The van der Waals surface area contributed by atoms with Crippen LogP contribution < -0.4 is 10.6 Å². The van der Waals surface area contributed by atoms with E-state index in [9.17, 15) is 14.4 Å². The molecule has 1 amide bonds. The van der Waals surface area contributed by atoms with Crippen LogP contribution in [0.25, 0.3) is 0 Å². The van der Waals surface area contributed by atoms with Crippen LogP contribution in [0, 0.1) is 12.3 Å². The summed E-state index contributed by atoms with van der Waals surface area (Å²) in [6.07, 6.45) is 6.78. The SMILES string of the molecule is C#CCN1C(=O)[C@@]2(C(C(=O)OCC)=C(N)OC3=C2C(=O)CCC3)c2ccccc21. The van der Waals surface area contributed by atoms with E-state index < -0.39 is 17.3 Å². The van der Waals surface area contributed by atoms with Crippen LogP contribution >= 0.6 is 0 Å². The van der Waals surface area contributed by atoms with E-state index in [1.54, 1.807) is 31.2 Å². The van der Waals surface area contributed by atoms with Gasteiger partial charge in [-0.05, 0) is 19.4 Å². The van der Waals surface area contributed by atoms with Crippen molar-refractivity contribution in [2.75, 3.05) is 18.1 Å². The number of nitrogens with two attached hydrogens (primary N) is 1. The maximum atomic E-state index is 13.9. The summed E-state index contributed by atoms with van der Waals surface area (Å²) in [5.41, 5.74) is 5.47. The maximum Gasteiger partial charge on any atom is 0.341 e. The quantitative estimate of drug-likeness (QED) is 0.621. The average molecular weight is 392 g/mol. The molecule has 2 aliphatic heterocycles. The number of terminal acetylenes is 1. The first-order chi connectivity index (χ1) is 14.0. The second kappa shape index (κ2) is 6.82. The van der Waals surface area contributed by atoms with E-state index in [0.29, 0.717) is 29.9 Å². The Hall–Kier alpha value is -3.53. The minimum Gasteiger partial charge on any atom is -0.462 e. The van der Waals surface area contributed by atoms with E-state index in [4.69, 9.17) is 21.6 Å². The molecule has 1 aromatic carbocycles. The predicted octanol–water partition coefficient (Wildman–Crippen LogP) is 1.67. The Balaban J connectivity index is 2.09. The molecule has 1 aliphatic carbocycles. The van der Waals surface area contributed by atoms with Crippen LogP contribution in [0.5, 0.6) is 0 Å². The van der Waals surface area contributed by atoms with Crippen LogP contribution in [0.1, 0.15) is 31.7 Å². The molecule has 2 N–H and O–H groups in total. The van der Waals surface area contributed by atoms with Crippen molar-refractivity contribution in [3.05, 3.63) is 52.6 Å². The molecule has 1 aromatic rings. The number of hydrogen-bond donors (Lipinski definition) is 1. The zero-order chi connectivity index (χ0) is 20.8. The molecule has 1 atom stereocenters. The smallest absolute Gasteiger partial charge is 0.341 e. The average Bonchev–Trinajstić information content (AvgIpc) is 2.92. The summed E-state index contributed by atoms with van der Waals surface area (Å²) in [5.74, 6) is 1.06. The Morgan fingerprint density at radius 2 is 2.10 bits per heavy atom. The van der Waals surface area contributed by atoms with Crippen molar-refractivity contribution in [3.8, 4) is 12.3 Å². The fourth-order valence-electron chi connectivity index (χ4n) is 4.47. The zero-order valence-electron chi connectivity index (χ0n) is 16.0. The summed E-state index contributed by atoms with van der Waals surface area (Å²) < 4.78 is 10.9. The third kappa shape index (κ3) is 2.42. The van der Waals surface area contributed by atoms with Crippen LogP contribution in [0.2, 0.25) is 0 Å². The summed E-state index contributed by atoms with van der Waals surface area (Å²) >= 11 is 0. The summed E-state index contributed by atoms with van der Waals surface area (Å²) in [4.78, 5) is 41.4. The van der Waals surface area contributed by atoms with E-state index >= 15 is 0 Å². The van der Waals surface area contributed by atoms with Crippen molar-refractivity contribution in [1.29, 1.82) is 0 Å². The number of allylic oxidation sites excluding steroid dienone is 1. The highest BCUT2D eigenvalue weighted by atomic mass is 16.5. The van der Waals surface area contributed by atoms with Gasteiger partial charge in [-0.15, -0.1) is 6.42 Å². The Labute approximate surface area is 168 Å². The molecule has 7 heteroatoms. The minimum absolute atomic E-state index is 0.00866. The molecule has 0 saturated heterocycles. The highest BCUT2D eigenvalue weighted by molar-refractivity contribution is 6.23. The van der Waals surface area contributed by atoms with Crippen LogP contribution in [-0.4, -0.2) is 30.8 Å². The van der Waals surface area contributed by atoms with Gasteiger partial charge in [-0.3, -0.25) is 14.5 Å². The summed E-state index contributed by atoms with van der Waals surface area (Å²) in [6, 6.07) is 6.97. The van der Waals surface area contributed by atoms with Gasteiger partial charge in [0.05, 0.1) is 18.7 Å². The Kier molecular flexibility index (Phi) is 4.42. The van der Waals surface area contributed by atoms with Gasteiger partial charge in [0.25, 0.3) is 0 Å². The number of ether oxygens (including phenoxy) is 2. The normalized spacial score (nSPS) is 23.0. The predicted molar refractivity (Wildman–Crippen MR) is 104 cm³/mol. The molecule has 0 saturated carbocycles. The van der Waals surface area contributed by atoms with Crippen molar-refractivity contribution < 1.29 is 23.9 Å². The van der Waals surface area contributed by atoms with Gasteiger partial charge in [0.1, 0.15) is 16.7 Å². The Bertz CT molecular complexity index is 1050. The standard InChI is InChI=1S/C22H20N2O5/c1-3-12-24-14-9-6-5-8-13(14)22(21(24)27)17-15(25)10-7-11-16(17)29-19(23)18(22)20(26)28-4-2/h1,5-6,8-9H,4,7,10-12,23H2,2H3/t22-/m0/s1. The van der Waals surface area contributed by atoms with Crippen molar-refractivity contribution in [2.45, 2.75) is 31.6 Å². The number of nitrogens with zero attached hydrogens (tertiary/aromatic N) is 1. The topological polar surface area (TPSA) is 98.9 Å². The molecule has 1 spiro atoms. The molecule has 29 heavy (non-hydrogen) atoms. The lowest BCUT2D eigenvalue weighted by Gasteiger charge is -2.38. The van der Waals surface area contributed by atoms with Crippen LogP contribution in [0.4, 0.5) is 5.69 Å². The number of carbonyl (C=O) groups is 3. The third-order valence-electron chi connectivity index (χ3n) is 5.49. The highest BCUT2D eigenvalue weighted by Gasteiger charge is 2.63. The van der Waals surface area contributed by atoms with Crippen molar-refractivity contribution in [3.63, 3.8) is 0 Å². The fourth-order valence-corrected chi connectivity index (χ4v) is 4.47. The molecule has 4 rings (SSSR count). The van der Waals surface area contributed by atoms with Crippen molar-refractivity contribution in [2.24, 2.45) is 5.73 Å². The van der Waals surface area contributed by atoms with Gasteiger partial charge >= 0.3 is 5.97 Å². The number of rotatable bonds is 3. The van der Waals surface area contributed by atoms with Crippen molar-refractivity contribution in [1.82, 2.24) is 0 Å². The lowest BCUT2D eigenvalue weighted by Crippen LogP contribution is -2.51. The molecular weight excluding hydrogens is 372 g/mol. The molecule has 0 bridgehead atoms. The largest absolute Gasteiger partial charge is 0.462 e. The summed E-state index contributed by atoms with van der Waals surface area (Å²) in [7, 11) is 0. The first-order valence-electron chi connectivity index (χ1n) is 9.45. The van der Waals surface area contributed by atoms with Crippen LogP contribution in [-0.2, 0) is 29.3 Å². The molecular formula is C22H20N2O5. The van der Waals surface area contributed by atoms with E-state index in [0.717, 1.165) is 0 Å². The molecule has 3 aliphatic rings. The van der Waals surface area contributed by atoms with Gasteiger partial charge < -0.3 is 15.2 Å². The summed E-state index contributed by atoms with van der Waals surface area (Å²) in [6.45, 7) is 1.72. The molecule has 148 valence electrons. The number of fused-ring (bicyclic) bond motifs is 3. The first-order valence-corrected chi connectivity index (χ1v) is 9.45. The number of Topliss-reactive ketones (excluding diaryl/α,β-unsaturated/α-hetero) is 1. The number of esters is 1. The summed E-state index contributed by atoms with van der Waals surface area (Å²) in [5, 5.41) is 0. The molecule has 0 fully saturated rings. The molecule has 2 heterocycles. The zero-order valence-corrected chi connectivity index (χ0v) is 16.0. The van der Waals surface area contributed by atoms with E-state index in [2.05, 4.69) is 5.92 Å². The van der Waals surface area contributed by atoms with Gasteiger partial charge in [-0.1, -0.05) is 24.1 Å². The lowest BCUT2D eigenvalue weighted by molar-refractivity contribution is -0.141. The number of anilines is 1. The molecule has 7 nitrogen and oxygen atoms in total. The first kappa shape index (κ1) is 18.8. The number of hydrogen-bond acceptors (Lipinski definition) is 6. The highest BCUT2D eigenvalue weighted by Crippen LogP contribution is 2.55. The number of para-hydroxylation sites is 1. The van der Waals surface area contributed by atoms with Gasteiger partial charge in [-0.25, -0.2) is 4.79 Å².